The van der Waals surface area contributed by atoms with Crippen LogP contribution in [0.4, 0.5) is 4.39 Å². The van der Waals surface area contributed by atoms with Gasteiger partial charge in [-0.25, -0.2) is 4.39 Å². The molecule has 3 nitrogen and oxygen atoms in total. The largest absolute Gasteiger partial charge is 0.454 e. The van der Waals surface area contributed by atoms with Crippen molar-refractivity contribution in [2.24, 2.45) is 0 Å². The fraction of sp³-hybridized carbons (Fsp3) is 0.214. The van der Waals surface area contributed by atoms with E-state index in [1.807, 2.05) is 6.92 Å². The van der Waals surface area contributed by atoms with E-state index < -0.39 is 0 Å². The molecular weight excluding hydrogens is 231 g/mol. The van der Waals surface area contributed by atoms with Crippen LogP contribution in [0, 0.1) is 5.82 Å². The van der Waals surface area contributed by atoms with E-state index in [1.165, 1.54) is 6.07 Å². The van der Waals surface area contributed by atoms with Gasteiger partial charge in [0.2, 0.25) is 0 Å². The van der Waals surface area contributed by atoms with E-state index in [-0.39, 0.29) is 11.6 Å². The molecule has 0 saturated carbocycles. The molecule has 18 heavy (non-hydrogen) atoms. The van der Waals surface area contributed by atoms with Gasteiger partial charge in [-0.2, -0.15) is 0 Å². The van der Waals surface area contributed by atoms with Crippen molar-refractivity contribution in [1.82, 2.24) is 10.3 Å². The van der Waals surface area contributed by atoms with E-state index in [2.05, 4.69) is 10.3 Å². The quantitative estimate of drug-likeness (QED) is 0.880. The summed E-state index contributed by atoms with van der Waals surface area (Å²) < 4.78 is 18.9. The van der Waals surface area contributed by atoms with Crippen LogP contribution >= 0.6 is 0 Å². The van der Waals surface area contributed by atoms with Gasteiger partial charge in [0, 0.05) is 18.8 Å². The van der Waals surface area contributed by atoms with Gasteiger partial charge < -0.3 is 10.1 Å². The van der Waals surface area contributed by atoms with Crippen molar-refractivity contribution in [1.29, 1.82) is 0 Å². The molecule has 0 aliphatic carbocycles. The predicted molar refractivity (Wildman–Crippen MR) is 68.1 cm³/mol. The molecule has 1 heterocycles. The van der Waals surface area contributed by atoms with Crippen LogP contribution in [-0.4, -0.2) is 11.5 Å². The summed E-state index contributed by atoms with van der Waals surface area (Å²) in [5.74, 6) is 0.434. The van der Waals surface area contributed by atoms with Gasteiger partial charge in [0.1, 0.15) is 5.75 Å². The molecule has 1 aromatic heterocycles. The number of nitrogens with zero attached hydrogens (tertiary/aromatic N) is 1. The Kier molecular flexibility index (Phi) is 4.25. The molecule has 0 amide bonds. The highest BCUT2D eigenvalue weighted by molar-refractivity contribution is 5.32. The van der Waals surface area contributed by atoms with Crippen LogP contribution in [0.3, 0.4) is 0 Å². The number of halogens is 1. The maximum atomic E-state index is 13.4. The maximum absolute atomic E-state index is 13.4. The minimum Gasteiger partial charge on any atom is -0.454 e. The fourth-order valence-electron chi connectivity index (χ4n) is 1.52. The summed E-state index contributed by atoms with van der Waals surface area (Å²) in [5, 5.41) is 3.17. The normalized spacial score (nSPS) is 10.3. The number of pyridine rings is 1. The number of nitrogens with one attached hydrogen (secondary N) is 1. The molecule has 2 rings (SSSR count). The standard InChI is InChI=1S/C14H15FN2O/c1-2-16-10-11-9-12(7-8-17-11)18-14-6-4-3-5-13(14)15/h3-9,16H,2,10H2,1H3. The summed E-state index contributed by atoms with van der Waals surface area (Å²) in [6.45, 7) is 3.57. The predicted octanol–water partition coefficient (Wildman–Crippen LogP) is 3.12. The zero-order chi connectivity index (χ0) is 12.8. The Hall–Kier alpha value is -1.94. The van der Waals surface area contributed by atoms with Crippen molar-refractivity contribution in [2.45, 2.75) is 13.5 Å². The number of rotatable bonds is 5. The molecule has 0 spiro atoms. The number of para-hydroxylation sites is 1. The van der Waals surface area contributed by atoms with Crippen molar-refractivity contribution in [2.75, 3.05) is 6.54 Å². The first-order chi connectivity index (χ1) is 8.79. The zero-order valence-electron chi connectivity index (χ0n) is 10.2. The number of benzene rings is 1. The molecule has 94 valence electrons. The third kappa shape index (κ3) is 3.28. The van der Waals surface area contributed by atoms with Gasteiger partial charge in [-0.3, -0.25) is 4.98 Å². The third-order valence-electron chi connectivity index (χ3n) is 2.41. The lowest BCUT2D eigenvalue weighted by Gasteiger charge is -2.08. The Bertz CT molecular complexity index is 517. The summed E-state index contributed by atoms with van der Waals surface area (Å²) in [6.07, 6.45) is 1.66. The van der Waals surface area contributed by atoms with Crippen LogP contribution in [0.1, 0.15) is 12.6 Å². The minimum absolute atomic E-state index is 0.220. The Morgan fingerprint density at radius 1 is 1.28 bits per heavy atom. The number of hydrogen-bond donors (Lipinski definition) is 1. The molecule has 0 aliphatic rings. The highest BCUT2D eigenvalue weighted by atomic mass is 19.1. The van der Waals surface area contributed by atoms with Crippen LogP contribution in [0.2, 0.25) is 0 Å². The molecule has 1 N–H and O–H groups in total. The number of ether oxygens (including phenoxy) is 1. The average molecular weight is 246 g/mol. The smallest absolute Gasteiger partial charge is 0.165 e. The first-order valence-electron chi connectivity index (χ1n) is 5.87. The molecular formula is C14H15FN2O. The molecule has 0 atom stereocenters. The van der Waals surface area contributed by atoms with Gasteiger partial charge in [0.25, 0.3) is 0 Å². The van der Waals surface area contributed by atoms with Crippen LogP contribution in [0.15, 0.2) is 42.6 Å². The molecule has 0 bridgehead atoms. The van der Waals surface area contributed by atoms with Gasteiger partial charge in [0.15, 0.2) is 11.6 Å². The van der Waals surface area contributed by atoms with E-state index in [9.17, 15) is 4.39 Å². The van der Waals surface area contributed by atoms with E-state index in [1.54, 1.807) is 36.5 Å². The molecule has 0 aliphatic heterocycles. The lowest BCUT2D eigenvalue weighted by molar-refractivity contribution is 0.441. The number of hydrogen-bond acceptors (Lipinski definition) is 3. The monoisotopic (exact) mass is 246 g/mol. The van der Waals surface area contributed by atoms with E-state index in [0.717, 1.165) is 12.2 Å². The molecule has 0 radical (unpaired) electrons. The molecule has 1 aromatic carbocycles. The second-order valence-electron chi connectivity index (χ2n) is 3.80. The van der Waals surface area contributed by atoms with Crippen molar-refractivity contribution < 1.29 is 9.13 Å². The lowest BCUT2D eigenvalue weighted by atomic mass is 10.3. The SMILES string of the molecule is CCNCc1cc(Oc2ccccc2F)ccn1. The van der Waals surface area contributed by atoms with E-state index >= 15 is 0 Å². The van der Waals surface area contributed by atoms with Crippen LogP contribution in [0.5, 0.6) is 11.5 Å². The molecule has 2 aromatic rings. The number of aromatic nitrogens is 1. The summed E-state index contributed by atoms with van der Waals surface area (Å²) in [5.41, 5.74) is 0.866. The Labute approximate surface area is 106 Å². The second-order valence-corrected chi connectivity index (χ2v) is 3.80. The fourth-order valence-corrected chi connectivity index (χ4v) is 1.52. The third-order valence-corrected chi connectivity index (χ3v) is 2.41. The van der Waals surface area contributed by atoms with Crippen molar-refractivity contribution in [3.63, 3.8) is 0 Å². The second kappa shape index (κ2) is 6.12. The van der Waals surface area contributed by atoms with Crippen LogP contribution < -0.4 is 10.1 Å². The van der Waals surface area contributed by atoms with E-state index in [4.69, 9.17) is 4.74 Å². The lowest BCUT2D eigenvalue weighted by Crippen LogP contribution is -2.12. The Morgan fingerprint density at radius 2 is 2.11 bits per heavy atom. The van der Waals surface area contributed by atoms with Gasteiger partial charge in [-0.05, 0) is 24.7 Å². The first-order valence-corrected chi connectivity index (χ1v) is 5.87. The summed E-state index contributed by atoms with van der Waals surface area (Å²) in [7, 11) is 0. The van der Waals surface area contributed by atoms with Gasteiger partial charge >= 0.3 is 0 Å². The van der Waals surface area contributed by atoms with Crippen LogP contribution in [-0.2, 0) is 6.54 Å². The van der Waals surface area contributed by atoms with E-state index in [0.29, 0.717) is 12.3 Å². The van der Waals surface area contributed by atoms with Crippen molar-refractivity contribution >= 4 is 0 Å². The Morgan fingerprint density at radius 3 is 2.89 bits per heavy atom. The first kappa shape index (κ1) is 12.5. The van der Waals surface area contributed by atoms with Gasteiger partial charge in [0.05, 0.1) is 5.69 Å². The average Bonchev–Trinajstić information content (AvgIpc) is 2.40. The zero-order valence-corrected chi connectivity index (χ0v) is 10.2. The molecule has 0 unspecified atom stereocenters. The van der Waals surface area contributed by atoms with Gasteiger partial charge in [-0.15, -0.1) is 0 Å². The van der Waals surface area contributed by atoms with Crippen molar-refractivity contribution in [3.8, 4) is 11.5 Å². The molecule has 0 saturated heterocycles. The maximum Gasteiger partial charge on any atom is 0.165 e. The highest BCUT2D eigenvalue weighted by Crippen LogP contribution is 2.23. The highest BCUT2D eigenvalue weighted by Gasteiger charge is 2.04. The van der Waals surface area contributed by atoms with Crippen molar-refractivity contribution in [3.05, 3.63) is 54.1 Å². The molecule has 4 heteroatoms. The topological polar surface area (TPSA) is 34.1 Å². The van der Waals surface area contributed by atoms with Gasteiger partial charge in [-0.1, -0.05) is 19.1 Å². The summed E-state index contributed by atoms with van der Waals surface area (Å²) >= 11 is 0. The van der Waals surface area contributed by atoms with Crippen LogP contribution in [0.25, 0.3) is 0 Å². The Balaban J connectivity index is 2.12. The minimum atomic E-state index is -0.373. The summed E-state index contributed by atoms with van der Waals surface area (Å²) in [6, 6.07) is 9.84. The summed E-state index contributed by atoms with van der Waals surface area (Å²) in [4.78, 5) is 4.20. The molecule has 0 fully saturated rings.